The maximum absolute atomic E-state index is 14.9. The predicted octanol–water partition coefficient (Wildman–Crippen LogP) is 3.08. The monoisotopic (exact) mass is 732 g/mol. The maximum atomic E-state index is 14.9. The fourth-order valence-corrected chi connectivity index (χ4v) is 9.95. The molecule has 52 heavy (non-hydrogen) atoms. The summed E-state index contributed by atoms with van der Waals surface area (Å²) < 4.78 is 6.85. The van der Waals surface area contributed by atoms with Crippen LogP contribution in [0, 0.1) is 5.92 Å². The third kappa shape index (κ3) is 7.97. The number of carbonyl (C=O) groups excluding carboxylic acids is 4. The van der Waals surface area contributed by atoms with Gasteiger partial charge in [-0.2, -0.15) is 0 Å². The van der Waals surface area contributed by atoms with Crippen molar-refractivity contribution in [1.29, 1.82) is 0 Å². The molecule has 0 unspecified atom stereocenters. The second-order valence-electron chi connectivity index (χ2n) is 14.2. The second-order valence-corrected chi connectivity index (χ2v) is 18.2. The van der Waals surface area contributed by atoms with Crippen molar-refractivity contribution in [1.82, 2.24) is 4.90 Å². The summed E-state index contributed by atoms with van der Waals surface area (Å²) in [6.07, 6.45) is -3.46. The molecule has 2 aliphatic rings. The maximum Gasteiger partial charge on any atom is 0.264 e. The molecule has 0 saturated carbocycles. The Bertz CT molecular complexity index is 1780. The number of nitrogens with one attached hydrogen (secondary N) is 2. The Morgan fingerprint density at radius 1 is 0.923 bits per heavy atom. The van der Waals surface area contributed by atoms with Crippen LogP contribution in [0.15, 0.2) is 72.8 Å². The normalized spacial score (nSPS) is 22.2. The molecule has 0 radical (unpaired) electrons. The summed E-state index contributed by atoms with van der Waals surface area (Å²) in [5.74, 6) is -2.48. The number of benzene rings is 3. The first-order valence-electron chi connectivity index (χ1n) is 17.4. The van der Waals surface area contributed by atoms with E-state index in [9.17, 15) is 39.3 Å². The second kappa shape index (κ2) is 15.7. The van der Waals surface area contributed by atoms with E-state index in [1.807, 2.05) is 37.3 Å². The molecule has 278 valence electrons. The third-order valence-electron chi connectivity index (χ3n) is 9.89. The number of fused-ring (bicyclic) bond motifs is 2. The first-order valence-corrected chi connectivity index (χ1v) is 20.4. The van der Waals surface area contributed by atoms with Gasteiger partial charge in [0.05, 0.1) is 31.4 Å². The molecule has 14 heteroatoms. The standard InChI is InChI=1S/C38H48N4O9Si/c1-23-34(52(4,5)50)32(20-33(46)41(17-18-43)21-26-9-7-6-8-10-26)51-38(23)30-19-29(40-36(48)25(3)45)15-16-31(30)42(37(38)49)22-27-11-13-28(14-12-27)39-35(47)24(2)44/h6-16,19,23-25,32,34,43-45,50H,17-18,20-22H2,1-5H3,(H,39,47)(H,40,48)/t23-,24+,25+,32+,34-,38+/m1/s1. The van der Waals surface area contributed by atoms with Crippen molar-refractivity contribution in [2.75, 3.05) is 28.7 Å². The van der Waals surface area contributed by atoms with Gasteiger partial charge >= 0.3 is 0 Å². The van der Waals surface area contributed by atoms with Crippen molar-refractivity contribution in [3.8, 4) is 0 Å². The number of hydrogen-bond acceptors (Lipinski definition) is 9. The van der Waals surface area contributed by atoms with Crippen LogP contribution in [-0.4, -0.2) is 88.4 Å². The van der Waals surface area contributed by atoms with Gasteiger partial charge < -0.3 is 45.3 Å². The summed E-state index contributed by atoms with van der Waals surface area (Å²) in [6, 6.07) is 21.2. The highest BCUT2D eigenvalue weighted by molar-refractivity contribution is 6.71. The lowest BCUT2D eigenvalue weighted by atomic mass is 9.82. The Labute approximate surface area is 304 Å². The van der Waals surface area contributed by atoms with E-state index in [-0.39, 0.29) is 38.6 Å². The lowest BCUT2D eigenvalue weighted by molar-refractivity contribution is -0.150. The number of anilines is 3. The van der Waals surface area contributed by atoms with Crippen LogP contribution < -0.4 is 15.5 Å². The van der Waals surface area contributed by atoms with Crippen molar-refractivity contribution in [3.05, 3.63) is 89.5 Å². The Morgan fingerprint density at radius 2 is 1.52 bits per heavy atom. The summed E-state index contributed by atoms with van der Waals surface area (Å²) in [6.45, 7) is 8.31. The van der Waals surface area contributed by atoms with Crippen molar-refractivity contribution in [3.63, 3.8) is 0 Å². The molecule has 5 rings (SSSR count). The van der Waals surface area contributed by atoms with E-state index in [0.717, 1.165) is 11.1 Å². The van der Waals surface area contributed by atoms with Crippen molar-refractivity contribution in [2.45, 2.75) is 82.8 Å². The van der Waals surface area contributed by atoms with Crippen molar-refractivity contribution in [2.24, 2.45) is 5.92 Å². The number of aliphatic hydroxyl groups excluding tert-OH is 3. The minimum Gasteiger partial charge on any atom is -0.432 e. The molecule has 1 spiro atoms. The molecule has 0 aromatic heterocycles. The van der Waals surface area contributed by atoms with Gasteiger partial charge in [-0.05, 0) is 68.4 Å². The van der Waals surface area contributed by atoms with Crippen molar-refractivity contribution < 1.29 is 44.0 Å². The molecule has 3 aromatic rings. The van der Waals surface area contributed by atoms with Gasteiger partial charge in [-0.3, -0.25) is 19.2 Å². The van der Waals surface area contributed by atoms with Gasteiger partial charge in [0.1, 0.15) is 12.2 Å². The first-order chi connectivity index (χ1) is 24.6. The van der Waals surface area contributed by atoms with Gasteiger partial charge in [0.25, 0.3) is 17.7 Å². The van der Waals surface area contributed by atoms with Crippen LogP contribution in [0.25, 0.3) is 0 Å². The highest BCUT2D eigenvalue weighted by atomic mass is 28.4. The fourth-order valence-electron chi connectivity index (χ4n) is 7.40. The molecule has 3 aromatic carbocycles. The minimum atomic E-state index is -3.14. The first kappa shape index (κ1) is 38.8. The van der Waals surface area contributed by atoms with E-state index < -0.39 is 61.4 Å². The van der Waals surface area contributed by atoms with Crippen LogP contribution in [0.4, 0.5) is 17.1 Å². The molecule has 6 atom stereocenters. The smallest absolute Gasteiger partial charge is 0.264 e. The number of aliphatic hydroxyl groups is 3. The van der Waals surface area contributed by atoms with Crippen LogP contribution in [0.2, 0.25) is 18.6 Å². The van der Waals surface area contributed by atoms with Gasteiger partial charge in [-0.1, -0.05) is 49.4 Å². The lowest BCUT2D eigenvalue weighted by Gasteiger charge is -2.32. The van der Waals surface area contributed by atoms with E-state index in [1.54, 1.807) is 65.4 Å². The molecular weight excluding hydrogens is 685 g/mol. The number of carbonyl (C=O) groups is 4. The quantitative estimate of drug-likeness (QED) is 0.144. The molecule has 2 aliphatic heterocycles. The van der Waals surface area contributed by atoms with Crippen LogP contribution in [-0.2, 0) is 42.6 Å². The van der Waals surface area contributed by atoms with E-state index in [2.05, 4.69) is 10.6 Å². The topological polar surface area (TPSA) is 189 Å². The zero-order valence-electron chi connectivity index (χ0n) is 30.1. The summed E-state index contributed by atoms with van der Waals surface area (Å²) in [7, 11) is -3.14. The Kier molecular flexibility index (Phi) is 11.7. The molecule has 4 amide bonds. The predicted molar refractivity (Wildman–Crippen MR) is 197 cm³/mol. The summed E-state index contributed by atoms with van der Waals surface area (Å²) in [5, 5.41) is 34.6. The molecule has 1 fully saturated rings. The van der Waals surface area contributed by atoms with Gasteiger partial charge in [0.15, 0.2) is 13.9 Å². The highest BCUT2D eigenvalue weighted by Crippen LogP contribution is 2.60. The van der Waals surface area contributed by atoms with E-state index in [0.29, 0.717) is 22.6 Å². The Balaban J connectivity index is 1.52. The van der Waals surface area contributed by atoms with Gasteiger partial charge in [0.2, 0.25) is 5.91 Å². The molecule has 1 saturated heterocycles. The molecule has 6 N–H and O–H groups in total. The average Bonchev–Trinajstić information content (AvgIpc) is 3.51. The average molecular weight is 733 g/mol. The summed E-state index contributed by atoms with van der Waals surface area (Å²) in [5.41, 5.74) is 1.21. The number of amides is 4. The highest BCUT2D eigenvalue weighted by Gasteiger charge is 2.66. The van der Waals surface area contributed by atoms with Crippen LogP contribution in [0.5, 0.6) is 0 Å². The van der Waals surface area contributed by atoms with E-state index in [1.165, 1.54) is 13.8 Å². The number of ether oxygens (including phenoxy) is 1. The minimum absolute atomic E-state index is 0.0924. The number of nitrogens with zero attached hydrogens (tertiary/aromatic N) is 2. The van der Waals surface area contributed by atoms with E-state index in [4.69, 9.17) is 4.74 Å². The Morgan fingerprint density at radius 3 is 2.10 bits per heavy atom. The SMILES string of the molecule is C[C@H](O)C(=O)Nc1ccc(CN2C(=O)[C@@]3(O[C@@H](CC(=O)N(CCO)Cc4ccccc4)[C@H]([Si](C)(C)O)[C@H]3C)c3cc(NC(=O)[C@H](C)O)ccc32)cc1. The van der Waals surface area contributed by atoms with Gasteiger partial charge in [-0.15, -0.1) is 0 Å². The van der Waals surface area contributed by atoms with Gasteiger partial charge in [-0.25, -0.2) is 0 Å². The third-order valence-corrected chi connectivity index (χ3v) is 12.4. The van der Waals surface area contributed by atoms with Crippen LogP contribution in [0.3, 0.4) is 0 Å². The zero-order chi connectivity index (χ0) is 38.0. The lowest BCUT2D eigenvalue weighted by Crippen LogP contribution is -2.46. The summed E-state index contributed by atoms with van der Waals surface area (Å²) in [4.78, 5) is 68.2. The van der Waals surface area contributed by atoms with Crippen LogP contribution >= 0.6 is 0 Å². The molecular formula is C38H48N4O9Si. The van der Waals surface area contributed by atoms with Crippen LogP contribution in [0.1, 0.15) is 43.9 Å². The Hall–Kier alpha value is -4.44. The molecule has 13 nitrogen and oxygen atoms in total. The van der Waals surface area contributed by atoms with E-state index >= 15 is 0 Å². The van der Waals surface area contributed by atoms with Crippen molar-refractivity contribution >= 4 is 49.0 Å². The fraction of sp³-hybridized carbons (Fsp3) is 0.421. The zero-order valence-corrected chi connectivity index (χ0v) is 31.1. The molecule has 0 bridgehead atoms. The van der Waals surface area contributed by atoms with Gasteiger partial charge in [0, 0.05) is 41.5 Å². The summed E-state index contributed by atoms with van der Waals surface area (Å²) >= 11 is 0. The largest absolute Gasteiger partial charge is 0.432 e. The molecule has 0 aliphatic carbocycles. The number of rotatable bonds is 13. The number of hydrogen-bond donors (Lipinski definition) is 6. The molecule has 2 heterocycles.